The summed E-state index contributed by atoms with van der Waals surface area (Å²) in [5.41, 5.74) is 2.83. The molecule has 0 saturated heterocycles. The SMILES string of the molecule is O=C(CCc1ccccc1)Nc1nc2c(s1)CN(C(=O)c1ccccc1)CC2. The van der Waals surface area contributed by atoms with Crippen molar-refractivity contribution in [3.63, 3.8) is 0 Å². The van der Waals surface area contributed by atoms with Crippen molar-refractivity contribution >= 4 is 28.3 Å². The lowest BCUT2D eigenvalue weighted by atomic mass is 10.1. The zero-order chi connectivity index (χ0) is 19.3. The zero-order valence-corrected chi connectivity index (χ0v) is 16.2. The lowest BCUT2D eigenvalue weighted by molar-refractivity contribution is -0.116. The third kappa shape index (κ3) is 4.28. The third-order valence-electron chi connectivity index (χ3n) is 4.77. The molecule has 28 heavy (non-hydrogen) atoms. The summed E-state index contributed by atoms with van der Waals surface area (Å²) in [4.78, 5) is 32.4. The fourth-order valence-electron chi connectivity index (χ4n) is 3.27. The summed E-state index contributed by atoms with van der Waals surface area (Å²) < 4.78 is 0. The molecule has 3 aromatic rings. The second-order valence-electron chi connectivity index (χ2n) is 6.77. The number of hydrogen-bond donors (Lipinski definition) is 1. The van der Waals surface area contributed by atoms with Crippen LogP contribution in [0, 0.1) is 0 Å². The smallest absolute Gasteiger partial charge is 0.254 e. The highest BCUT2D eigenvalue weighted by atomic mass is 32.1. The highest BCUT2D eigenvalue weighted by Crippen LogP contribution is 2.29. The first-order chi connectivity index (χ1) is 13.7. The van der Waals surface area contributed by atoms with Crippen LogP contribution in [0.5, 0.6) is 0 Å². The van der Waals surface area contributed by atoms with Crippen molar-refractivity contribution in [3.05, 3.63) is 82.4 Å². The Bertz CT molecular complexity index is 970. The number of hydrogen-bond acceptors (Lipinski definition) is 4. The number of carbonyl (C=O) groups is 2. The minimum atomic E-state index is -0.0350. The molecule has 2 heterocycles. The zero-order valence-electron chi connectivity index (χ0n) is 15.4. The first-order valence-electron chi connectivity index (χ1n) is 9.36. The van der Waals surface area contributed by atoms with Gasteiger partial charge in [-0.3, -0.25) is 9.59 Å². The van der Waals surface area contributed by atoms with E-state index in [9.17, 15) is 9.59 Å². The maximum Gasteiger partial charge on any atom is 0.254 e. The summed E-state index contributed by atoms with van der Waals surface area (Å²) in [6.07, 6.45) is 1.84. The molecule has 1 N–H and O–H groups in total. The number of amides is 2. The van der Waals surface area contributed by atoms with Gasteiger partial charge in [0.15, 0.2) is 5.13 Å². The van der Waals surface area contributed by atoms with Gasteiger partial charge < -0.3 is 10.2 Å². The molecule has 5 nitrogen and oxygen atoms in total. The molecule has 0 radical (unpaired) electrons. The quantitative estimate of drug-likeness (QED) is 0.717. The van der Waals surface area contributed by atoms with Crippen molar-refractivity contribution in [2.24, 2.45) is 0 Å². The summed E-state index contributed by atoms with van der Waals surface area (Å²) in [6, 6.07) is 19.3. The first kappa shape index (κ1) is 18.4. The number of aromatic nitrogens is 1. The van der Waals surface area contributed by atoms with Gasteiger partial charge in [-0.25, -0.2) is 4.98 Å². The average molecular weight is 391 g/mol. The van der Waals surface area contributed by atoms with Crippen molar-refractivity contribution in [3.8, 4) is 0 Å². The van der Waals surface area contributed by atoms with Crippen molar-refractivity contribution in [2.45, 2.75) is 25.8 Å². The Labute approximate surface area is 168 Å². The van der Waals surface area contributed by atoms with E-state index in [2.05, 4.69) is 10.3 Å². The van der Waals surface area contributed by atoms with Crippen molar-refractivity contribution in [1.29, 1.82) is 0 Å². The Balaban J connectivity index is 1.36. The monoisotopic (exact) mass is 391 g/mol. The van der Waals surface area contributed by atoms with Gasteiger partial charge in [-0.05, 0) is 24.1 Å². The van der Waals surface area contributed by atoms with E-state index in [1.807, 2.05) is 65.6 Å². The Morgan fingerprint density at radius 1 is 1.04 bits per heavy atom. The van der Waals surface area contributed by atoms with Gasteiger partial charge in [0.05, 0.1) is 12.2 Å². The third-order valence-corrected chi connectivity index (χ3v) is 5.77. The largest absolute Gasteiger partial charge is 0.333 e. The van der Waals surface area contributed by atoms with Crippen LogP contribution in [0.2, 0.25) is 0 Å². The molecule has 0 fully saturated rings. The molecule has 2 amide bonds. The van der Waals surface area contributed by atoms with Crippen molar-refractivity contribution in [2.75, 3.05) is 11.9 Å². The van der Waals surface area contributed by atoms with Crippen LogP contribution in [-0.4, -0.2) is 28.2 Å². The highest BCUT2D eigenvalue weighted by Gasteiger charge is 2.25. The fraction of sp³-hybridized carbons (Fsp3) is 0.227. The van der Waals surface area contributed by atoms with Crippen LogP contribution < -0.4 is 5.32 Å². The number of rotatable bonds is 5. The molecule has 0 spiro atoms. The maximum absolute atomic E-state index is 12.7. The molecule has 6 heteroatoms. The number of anilines is 1. The maximum atomic E-state index is 12.7. The molecular formula is C22H21N3O2S. The van der Waals surface area contributed by atoms with Gasteiger partial charge in [0.2, 0.25) is 5.91 Å². The topological polar surface area (TPSA) is 62.3 Å². The molecule has 0 atom stereocenters. The predicted octanol–water partition coefficient (Wildman–Crippen LogP) is 3.91. The predicted molar refractivity (Wildman–Crippen MR) is 110 cm³/mol. The van der Waals surface area contributed by atoms with Crippen LogP contribution in [0.1, 0.15) is 32.9 Å². The Morgan fingerprint density at radius 3 is 2.50 bits per heavy atom. The molecule has 0 aliphatic carbocycles. The highest BCUT2D eigenvalue weighted by molar-refractivity contribution is 7.15. The standard InChI is InChI=1S/C22H21N3O2S/c26-20(12-11-16-7-3-1-4-8-16)24-22-23-18-13-14-25(15-19(18)28-22)21(27)17-9-5-2-6-10-17/h1-10H,11-15H2,(H,23,24,26). The normalized spacial score (nSPS) is 13.1. The van der Waals surface area contributed by atoms with Crippen molar-refractivity contribution < 1.29 is 9.59 Å². The molecule has 1 aliphatic rings. The summed E-state index contributed by atoms with van der Waals surface area (Å²) in [7, 11) is 0. The summed E-state index contributed by atoms with van der Waals surface area (Å²) in [5.74, 6) is 0.000245. The number of thiazole rings is 1. The second kappa shape index (κ2) is 8.35. The second-order valence-corrected chi connectivity index (χ2v) is 7.85. The van der Waals surface area contributed by atoms with E-state index >= 15 is 0 Å². The van der Waals surface area contributed by atoms with Crippen LogP contribution in [0.3, 0.4) is 0 Å². The van der Waals surface area contributed by atoms with Crippen LogP contribution in [0.15, 0.2) is 60.7 Å². The summed E-state index contributed by atoms with van der Waals surface area (Å²) >= 11 is 1.46. The van der Waals surface area contributed by atoms with E-state index in [-0.39, 0.29) is 11.8 Å². The number of carbonyl (C=O) groups excluding carboxylic acids is 2. The molecule has 2 aromatic carbocycles. The van der Waals surface area contributed by atoms with E-state index in [1.165, 1.54) is 11.3 Å². The van der Waals surface area contributed by atoms with Gasteiger partial charge in [-0.1, -0.05) is 59.9 Å². The number of nitrogens with zero attached hydrogens (tertiary/aromatic N) is 2. The summed E-state index contributed by atoms with van der Waals surface area (Å²) in [5, 5.41) is 3.53. The molecule has 1 aliphatic heterocycles. The Kier molecular flexibility index (Phi) is 5.48. The Morgan fingerprint density at radius 2 is 1.75 bits per heavy atom. The van der Waals surface area contributed by atoms with Gasteiger partial charge in [0, 0.05) is 29.8 Å². The van der Waals surface area contributed by atoms with E-state index < -0.39 is 0 Å². The molecule has 4 rings (SSSR count). The molecule has 142 valence electrons. The van der Waals surface area contributed by atoms with E-state index in [0.29, 0.717) is 43.0 Å². The van der Waals surface area contributed by atoms with E-state index in [0.717, 1.165) is 16.1 Å². The fourth-order valence-corrected chi connectivity index (χ4v) is 4.31. The molecule has 0 saturated carbocycles. The van der Waals surface area contributed by atoms with Crippen LogP contribution in [-0.2, 0) is 24.2 Å². The number of benzene rings is 2. The molecule has 1 aromatic heterocycles. The minimum Gasteiger partial charge on any atom is -0.333 e. The van der Waals surface area contributed by atoms with Crippen molar-refractivity contribution in [1.82, 2.24) is 9.88 Å². The van der Waals surface area contributed by atoms with Crippen LogP contribution in [0.25, 0.3) is 0 Å². The lowest BCUT2D eigenvalue weighted by Gasteiger charge is -2.26. The Hall–Kier alpha value is -2.99. The summed E-state index contributed by atoms with van der Waals surface area (Å²) in [6.45, 7) is 1.19. The molecule has 0 bridgehead atoms. The molecule has 0 unspecified atom stereocenters. The molecular weight excluding hydrogens is 370 g/mol. The number of nitrogens with one attached hydrogen (secondary N) is 1. The average Bonchev–Trinajstić information content (AvgIpc) is 3.14. The van der Waals surface area contributed by atoms with E-state index in [1.54, 1.807) is 0 Å². The van der Waals surface area contributed by atoms with Gasteiger partial charge in [-0.2, -0.15) is 0 Å². The van der Waals surface area contributed by atoms with Gasteiger partial charge in [-0.15, -0.1) is 0 Å². The van der Waals surface area contributed by atoms with Gasteiger partial charge in [0.1, 0.15) is 0 Å². The van der Waals surface area contributed by atoms with E-state index in [4.69, 9.17) is 0 Å². The lowest BCUT2D eigenvalue weighted by Crippen LogP contribution is -2.35. The number of aryl methyl sites for hydroxylation is 1. The van der Waals surface area contributed by atoms with Gasteiger partial charge in [0.25, 0.3) is 5.91 Å². The van der Waals surface area contributed by atoms with Gasteiger partial charge >= 0.3 is 0 Å². The van der Waals surface area contributed by atoms with Crippen LogP contribution >= 0.6 is 11.3 Å². The number of fused-ring (bicyclic) bond motifs is 1. The first-order valence-corrected chi connectivity index (χ1v) is 10.2. The minimum absolute atomic E-state index is 0.0350. The van der Waals surface area contributed by atoms with Crippen LogP contribution in [0.4, 0.5) is 5.13 Å².